The topological polar surface area (TPSA) is 80.3 Å². The Morgan fingerprint density at radius 2 is 1.75 bits per heavy atom. The van der Waals surface area contributed by atoms with Crippen molar-refractivity contribution in [3.63, 3.8) is 0 Å². The molecule has 5 nitrogen and oxygen atoms in total. The number of hydrogen-bond donors (Lipinski definition) is 1. The fraction of sp³-hybridized carbons (Fsp3) is 0.143. The average molecular weight is 289 g/mol. The zero-order chi connectivity index (χ0) is 14.6. The first-order valence-corrected chi connectivity index (χ1v) is 7.29. The van der Waals surface area contributed by atoms with Crippen LogP contribution in [0.5, 0.6) is 0 Å². The Balaban J connectivity index is 2.35. The molecule has 0 spiro atoms. The number of carbonyl (C=O) groups excluding carboxylic acids is 2. The van der Waals surface area contributed by atoms with Crippen LogP contribution in [-0.2, 0) is 19.6 Å². The van der Waals surface area contributed by atoms with Crippen molar-refractivity contribution >= 4 is 33.4 Å². The van der Waals surface area contributed by atoms with E-state index >= 15 is 0 Å². The lowest BCUT2D eigenvalue weighted by atomic mass is 10.1. The normalized spacial score (nSPS) is 13.0. The molecule has 102 valence electrons. The van der Waals surface area contributed by atoms with Crippen LogP contribution in [0.1, 0.15) is 6.42 Å². The first-order chi connectivity index (χ1) is 9.56. The van der Waals surface area contributed by atoms with Crippen LogP contribution in [0.4, 0.5) is 0 Å². The van der Waals surface area contributed by atoms with Crippen molar-refractivity contribution in [2.75, 3.05) is 0 Å². The lowest BCUT2D eigenvalue weighted by Gasteiger charge is -2.10. The highest BCUT2D eigenvalue weighted by Crippen LogP contribution is 2.19. The van der Waals surface area contributed by atoms with E-state index in [4.69, 9.17) is 0 Å². The molecular formula is C14H11NO4S. The Hall–Kier alpha value is -2.05. The highest BCUT2D eigenvalue weighted by Gasteiger charge is 2.20. The molecule has 0 heterocycles. The van der Waals surface area contributed by atoms with E-state index in [1.54, 1.807) is 18.2 Å². The van der Waals surface area contributed by atoms with E-state index in [0.29, 0.717) is 0 Å². The van der Waals surface area contributed by atoms with Crippen molar-refractivity contribution in [2.24, 2.45) is 0 Å². The fourth-order valence-corrected chi connectivity index (χ4v) is 2.95. The molecule has 0 aliphatic carbocycles. The van der Waals surface area contributed by atoms with Gasteiger partial charge in [-0.05, 0) is 22.9 Å². The minimum atomic E-state index is -3.88. The molecule has 0 aliphatic rings. The second kappa shape index (κ2) is 5.94. The van der Waals surface area contributed by atoms with Gasteiger partial charge in [0.05, 0.1) is 10.9 Å². The second-order valence-corrected chi connectivity index (χ2v) is 5.86. The van der Waals surface area contributed by atoms with E-state index in [1.807, 2.05) is 12.1 Å². The Labute approximate surface area is 116 Å². The zero-order valence-corrected chi connectivity index (χ0v) is 11.2. The summed E-state index contributed by atoms with van der Waals surface area (Å²) in [5, 5.41) is 1.68. The van der Waals surface area contributed by atoms with Gasteiger partial charge in [0.25, 0.3) is 0 Å². The van der Waals surface area contributed by atoms with E-state index in [9.17, 15) is 18.0 Å². The fourth-order valence-electron chi connectivity index (χ4n) is 1.78. The molecule has 1 atom stereocenters. The first kappa shape index (κ1) is 14.4. The molecule has 6 heteroatoms. The molecule has 0 amide bonds. The van der Waals surface area contributed by atoms with Crippen LogP contribution >= 0.6 is 0 Å². The van der Waals surface area contributed by atoms with Gasteiger partial charge in [0.2, 0.25) is 22.6 Å². The molecule has 1 unspecified atom stereocenters. The lowest BCUT2D eigenvalue weighted by Crippen LogP contribution is -2.36. The van der Waals surface area contributed by atoms with Crippen LogP contribution in [0.25, 0.3) is 10.8 Å². The van der Waals surface area contributed by atoms with Crippen LogP contribution in [0.15, 0.2) is 47.4 Å². The van der Waals surface area contributed by atoms with Crippen molar-refractivity contribution in [2.45, 2.75) is 17.4 Å². The lowest BCUT2D eigenvalue weighted by molar-refractivity contribution is 0.518. The predicted octanol–water partition coefficient (Wildman–Crippen LogP) is 1.10. The minimum absolute atomic E-state index is 0.0300. The number of sulfonamides is 1. The molecule has 20 heavy (non-hydrogen) atoms. The maximum atomic E-state index is 12.1. The van der Waals surface area contributed by atoms with E-state index in [0.717, 1.165) is 10.8 Å². The van der Waals surface area contributed by atoms with Gasteiger partial charge in [-0.2, -0.15) is 4.72 Å². The van der Waals surface area contributed by atoms with Crippen LogP contribution in [0, 0.1) is 0 Å². The summed E-state index contributed by atoms with van der Waals surface area (Å²) < 4.78 is 26.3. The summed E-state index contributed by atoms with van der Waals surface area (Å²) in [6.45, 7) is 0. The van der Waals surface area contributed by atoms with Crippen molar-refractivity contribution in [3.05, 3.63) is 42.5 Å². The second-order valence-electron chi connectivity index (χ2n) is 4.15. The van der Waals surface area contributed by atoms with Gasteiger partial charge in [0.15, 0.2) is 0 Å². The van der Waals surface area contributed by atoms with Crippen LogP contribution in [0.2, 0.25) is 0 Å². The quantitative estimate of drug-likeness (QED) is 0.863. The highest BCUT2D eigenvalue weighted by atomic mass is 32.2. The van der Waals surface area contributed by atoms with Gasteiger partial charge >= 0.3 is 0 Å². The van der Waals surface area contributed by atoms with Gasteiger partial charge in [-0.25, -0.2) is 8.42 Å². The maximum Gasteiger partial charge on any atom is 0.241 e. The van der Waals surface area contributed by atoms with E-state index < -0.39 is 16.1 Å². The number of benzene rings is 2. The van der Waals surface area contributed by atoms with Gasteiger partial charge in [-0.3, -0.25) is 9.59 Å². The van der Waals surface area contributed by atoms with Crippen LogP contribution < -0.4 is 4.72 Å². The molecule has 2 aromatic carbocycles. The van der Waals surface area contributed by atoms with Gasteiger partial charge in [-0.15, -0.1) is 0 Å². The summed E-state index contributed by atoms with van der Waals surface area (Å²) in [5.74, 6) is 0. The summed E-state index contributed by atoms with van der Waals surface area (Å²) in [6.07, 6.45) is 2.58. The molecule has 0 saturated heterocycles. The van der Waals surface area contributed by atoms with Gasteiger partial charge in [0.1, 0.15) is 0 Å². The predicted molar refractivity (Wildman–Crippen MR) is 74.1 cm³/mol. The third kappa shape index (κ3) is 3.09. The Kier molecular flexibility index (Phi) is 4.26. The van der Waals surface area contributed by atoms with E-state index in [2.05, 4.69) is 4.72 Å². The largest absolute Gasteiger partial charge is 0.291 e. The molecular weight excluding hydrogens is 278 g/mol. The van der Waals surface area contributed by atoms with Gasteiger partial charge in [0, 0.05) is 6.42 Å². The highest BCUT2D eigenvalue weighted by molar-refractivity contribution is 7.89. The molecule has 0 saturated carbocycles. The number of rotatable bonds is 6. The monoisotopic (exact) mass is 289 g/mol. The van der Waals surface area contributed by atoms with Crippen LogP contribution in [0.3, 0.4) is 0 Å². The average Bonchev–Trinajstić information content (AvgIpc) is 2.46. The summed E-state index contributed by atoms with van der Waals surface area (Å²) >= 11 is 0. The molecule has 0 fully saturated rings. The third-order valence-corrected chi connectivity index (χ3v) is 4.23. The standard InChI is InChI=1S/C14H11NO4S/c16-8-7-13(10-17)15-20(18,19)14-6-5-11-3-1-2-4-12(11)9-14/h1-6,9,13,15H,7H2. The minimum Gasteiger partial charge on any atom is -0.291 e. The van der Waals surface area contributed by atoms with Gasteiger partial charge < -0.3 is 0 Å². The first-order valence-electron chi connectivity index (χ1n) is 5.80. The summed E-state index contributed by atoms with van der Waals surface area (Å²) in [7, 11) is -3.88. The molecule has 0 bridgehead atoms. The van der Waals surface area contributed by atoms with E-state index in [-0.39, 0.29) is 11.3 Å². The zero-order valence-electron chi connectivity index (χ0n) is 10.4. The molecule has 2 rings (SSSR count). The third-order valence-electron chi connectivity index (χ3n) is 2.76. The Morgan fingerprint density at radius 1 is 1.05 bits per heavy atom. The number of fused-ring (bicyclic) bond motifs is 1. The van der Waals surface area contributed by atoms with E-state index in [1.165, 1.54) is 24.7 Å². The summed E-state index contributed by atoms with van der Waals surface area (Å²) in [5.41, 5.74) is 0. The molecule has 2 aromatic rings. The number of nitrogens with one attached hydrogen (secondary N) is 1. The maximum absolute atomic E-state index is 12.1. The molecule has 1 N–H and O–H groups in total. The van der Waals surface area contributed by atoms with Crippen molar-refractivity contribution in [1.29, 1.82) is 0 Å². The van der Waals surface area contributed by atoms with Crippen molar-refractivity contribution < 1.29 is 18.0 Å². The summed E-state index contributed by atoms with van der Waals surface area (Å²) in [4.78, 5) is 20.8. The molecule has 0 aromatic heterocycles. The smallest absolute Gasteiger partial charge is 0.241 e. The molecule has 0 aliphatic heterocycles. The van der Waals surface area contributed by atoms with Crippen molar-refractivity contribution in [3.8, 4) is 0 Å². The Bertz CT molecular complexity index is 740. The molecule has 2 radical (unpaired) electrons. The van der Waals surface area contributed by atoms with Crippen LogP contribution in [-0.4, -0.2) is 27.0 Å². The summed E-state index contributed by atoms with van der Waals surface area (Å²) in [6, 6.07) is 10.7. The Morgan fingerprint density at radius 3 is 2.40 bits per heavy atom. The van der Waals surface area contributed by atoms with Gasteiger partial charge in [-0.1, -0.05) is 30.3 Å². The SMILES string of the molecule is O=[C]CC([C]=O)NS(=O)(=O)c1ccc2ccccc2c1. The van der Waals surface area contributed by atoms with Crippen molar-refractivity contribution in [1.82, 2.24) is 4.72 Å². The number of hydrogen-bond acceptors (Lipinski definition) is 4.